The van der Waals surface area contributed by atoms with Crippen molar-refractivity contribution in [3.8, 4) is 0 Å². The van der Waals surface area contributed by atoms with Gasteiger partial charge in [-0.05, 0) is 12.8 Å². The summed E-state index contributed by atoms with van der Waals surface area (Å²) >= 11 is 0. The SMILES string of the molecule is C=CC(CCCC(=O)OC)/C(N)=N/O. The monoisotopic (exact) mass is 200 g/mol. The van der Waals surface area contributed by atoms with Crippen LogP contribution in [0.3, 0.4) is 0 Å². The molecule has 5 nitrogen and oxygen atoms in total. The number of nitrogens with zero attached hydrogens (tertiary/aromatic N) is 1. The van der Waals surface area contributed by atoms with E-state index in [1.807, 2.05) is 0 Å². The van der Waals surface area contributed by atoms with E-state index in [2.05, 4.69) is 16.5 Å². The van der Waals surface area contributed by atoms with Crippen LogP contribution in [0.2, 0.25) is 0 Å². The summed E-state index contributed by atoms with van der Waals surface area (Å²) in [6.45, 7) is 3.56. The molecule has 0 aromatic heterocycles. The van der Waals surface area contributed by atoms with Crippen molar-refractivity contribution in [1.29, 1.82) is 0 Å². The Morgan fingerprint density at radius 3 is 2.86 bits per heavy atom. The fourth-order valence-electron chi connectivity index (χ4n) is 1.03. The Bertz CT molecular complexity index is 226. The summed E-state index contributed by atoms with van der Waals surface area (Å²) in [5, 5.41) is 11.3. The zero-order chi connectivity index (χ0) is 11.0. The minimum absolute atomic E-state index is 0.116. The third-order valence-corrected chi connectivity index (χ3v) is 1.90. The Kier molecular flexibility index (Phi) is 6.19. The highest BCUT2D eigenvalue weighted by molar-refractivity contribution is 5.83. The van der Waals surface area contributed by atoms with Crippen LogP contribution in [0.1, 0.15) is 19.3 Å². The van der Waals surface area contributed by atoms with Gasteiger partial charge in [-0.15, -0.1) is 6.58 Å². The summed E-state index contributed by atoms with van der Waals surface area (Å²) in [5.41, 5.74) is 5.39. The lowest BCUT2D eigenvalue weighted by molar-refractivity contribution is -0.140. The summed E-state index contributed by atoms with van der Waals surface area (Å²) in [6.07, 6.45) is 3.17. The average molecular weight is 200 g/mol. The Labute approximate surface area is 83.2 Å². The molecule has 1 unspecified atom stereocenters. The van der Waals surface area contributed by atoms with Crippen LogP contribution in [0.15, 0.2) is 17.8 Å². The second-order valence-corrected chi connectivity index (χ2v) is 2.84. The number of nitrogens with two attached hydrogens (primary N) is 1. The molecule has 0 heterocycles. The largest absolute Gasteiger partial charge is 0.469 e. The summed E-state index contributed by atoms with van der Waals surface area (Å²) < 4.78 is 4.48. The lowest BCUT2D eigenvalue weighted by atomic mass is 10.0. The van der Waals surface area contributed by atoms with E-state index in [0.717, 1.165) is 0 Å². The summed E-state index contributed by atoms with van der Waals surface area (Å²) in [4.78, 5) is 10.8. The van der Waals surface area contributed by atoms with Crippen molar-refractivity contribution in [2.24, 2.45) is 16.8 Å². The van der Waals surface area contributed by atoms with Crippen molar-refractivity contribution in [3.05, 3.63) is 12.7 Å². The van der Waals surface area contributed by atoms with Gasteiger partial charge in [0.1, 0.15) is 5.84 Å². The molecule has 0 aliphatic carbocycles. The van der Waals surface area contributed by atoms with Crippen LogP contribution in [-0.2, 0) is 9.53 Å². The van der Waals surface area contributed by atoms with Crippen LogP contribution in [-0.4, -0.2) is 24.1 Å². The average Bonchev–Trinajstić information content (AvgIpc) is 2.22. The first-order valence-corrected chi connectivity index (χ1v) is 4.32. The highest BCUT2D eigenvalue weighted by atomic mass is 16.5. The van der Waals surface area contributed by atoms with Gasteiger partial charge in [0.15, 0.2) is 0 Å². The van der Waals surface area contributed by atoms with Gasteiger partial charge in [0.05, 0.1) is 7.11 Å². The third kappa shape index (κ3) is 4.49. The zero-order valence-electron chi connectivity index (χ0n) is 8.27. The first-order chi connectivity index (χ1) is 6.65. The smallest absolute Gasteiger partial charge is 0.305 e. The minimum Gasteiger partial charge on any atom is -0.469 e. The molecule has 0 radical (unpaired) electrons. The zero-order valence-corrected chi connectivity index (χ0v) is 8.27. The van der Waals surface area contributed by atoms with Gasteiger partial charge in [-0.25, -0.2) is 0 Å². The molecule has 0 aromatic carbocycles. The highest BCUT2D eigenvalue weighted by Gasteiger charge is 2.10. The summed E-state index contributed by atoms with van der Waals surface area (Å²) in [7, 11) is 1.34. The van der Waals surface area contributed by atoms with E-state index in [9.17, 15) is 4.79 Å². The van der Waals surface area contributed by atoms with Crippen molar-refractivity contribution in [2.75, 3.05) is 7.11 Å². The number of amidine groups is 1. The number of oxime groups is 1. The normalized spacial score (nSPS) is 13.4. The maximum absolute atomic E-state index is 10.8. The van der Waals surface area contributed by atoms with Gasteiger partial charge in [0.25, 0.3) is 0 Å². The van der Waals surface area contributed by atoms with Crippen LogP contribution in [0.4, 0.5) is 0 Å². The maximum atomic E-state index is 10.8. The fraction of sp³-hybridized carbons (Fsp3) is 0.556. The number of carbonyl (C=O) groups excluding carboxylic acids is 1. The van der Waals surface area contributed by atoms with Gasteiger partial charge in [-0.2, -0.15) is 0 Å². The number of hydrogen-bond acceptors (Lipinski definition) is 4. The molecule has 0 bridgehead atoms. The molecule has 0 aliphatic heterocycles. The van der Waals surface area contributed by atoms with E-state index in [-0.39, 0.29) is 17.7 Å². The van der Waals surface area contributed by atoms with E-state index >= 15 is 0 Å². The number of methoxy groups -OCH3 is 1. The topological polar surface area (TPSA) is 84.9 Å². The summed E-state index contributed by atoms with van der Waals surface area (Å²) in [6, 6.07) is 0. The molecule has 0 saturated heterocycles. The first kappa shape index (κ1) is 12.5. The molecule has 0 fully saturated rings. The predicted octanol–water partition coefficient (Wildman–Crippen LogP) is 0.878. The number of esters is 1. The molecule has 80 valence electrons. The Balaban J connectivity index is 3.85. The van der Waals surface area contributed by atoms with E-state index in [1.165, 1.54) is 7.11 Å². The van der Waals surface area contributed by atoms with Gasteiger partial charge in [-0.3, -0.25) is 4.79 Å². The molecule has 0 saturated carbocycles. The van der Waals surface area contributed by atoms with E-state index in [1.54, 1.807) is 6.08 Å². The molecule has 5 heteroatoms. The van der Waals surface area contributed by atoms with E-state index < -0.39 is 0 Å². The van der Waals surface area contributed by atoms with Crippen LogP contribution in [0.25, 0.3) is 0 Å². The van der Waals surface area contributed by atoms with Gasteiger partial charge in [0, 0.05) is 12.3 Å². The second kappa shape index (κ2) is 6.94. The van der Waals surface area contributed by atoms with Crippen molar-refractivity contribution >= 4 is 11.8 Å². The quantitative estimate of drug-likeness (QED) is 0.166. The number of rotatable bonds is 6. The molecule has 0 amide bonds. The van der Waals surface area contributed by atoms with Crippen LogP contribution in [0, 0.1) is 5.92 Å². The molecule has 3 N–H and O–H groups in total. The molecule has 14 heavy (non-hydrogen) atoms. The molecular weight excluding hydrogens is 184 g/mol. The minimum atomic E-state index is -0.257. The lowest BCUT2D eigenvalue weighted by Gasteiger charge is -2.09. The van der Waals surface area contributed by atoms with Crippen molar-refractivity contribution in [2.45, 2.75) is 19.3 Å². The molecule has 0 spiro atoms. The third-order valence-electron chi connectivity index (χ3n) is 1.90. The van der Waals surface area contributed by atoms with Crippen LogP contribution < -0.4 is 5.73 Å². The van der Waals surface area contributed by atoms with Crippen molar-refractivity contribution in [3.63, 3.8) is 0 Å². The van der Waals surface area contributed by atoms with Gasteiger partial charge < -0.3 is 15.7 Å². The molecule has 0 rings (SSSR count). The molecule has 0 aliphatic rings. The molecule has 0 aromatic rings. The fourth-order valence-corrected chi connectivity index (χ4v) is 1.03. The van der Waals surface area contributed by atoms with Crippen LogP contribution >= 0.6 is 0 Å². The lowest BCUT2D eigenvalue weighted by Crippen LogP contribution is -2.22. The van der Waals surface area contributed by atoms with Gasteiger partial charge >= 0.3 is 5.97 Å². The maximum Gasteiger partial charge on any atom is 0.305 e. The highest BCUT2D eigenvalue weighted by Crippen LogP contribution is 2.10. The van der Waals surface area contributed by atoms with E-state index in [0.29, 0.717) is 19.3 Å². The Hall–Kier alpha value is -1.52. The standard InChI is InChI=1S/C9H16N2O3/c1-3-7(9(10)11-13)5-4-6-8(12)14-2/h3,7,13H,1,4-6H2,2H3,(H2,10,11). The Morgan fingerprint density at radius 1 is 1.79 bits per heavy atom. The summed E-state index contributed by atoms with van der Waals surface area (Å²) in [5.74, 6) is -0.332. The molecular formula is C9H16N2O3. The van der Waals surface area contributed by atoms with Gasteiger partial charge in [0.2, 0.25) is 0 Å². The first-order valence-electron chi connectivity index (χ1n) is 4.32. The van der Waals surface area contributed by atoms with Crippen molar-refractivity contribution in [1.82, 2.24) is 0 Å². The van der Waals surface area contributed by atoms with Crippen molar-refractivity contribution < 1.29 is 14.7 Å². The Morgan fingerprint density at radius 2 is 2.43 bits per heavy atom. The molecule has 1 atom stereocenters. The second-order valence-electron chi connectivity index (χ2n) is 2.84. The predicted molar refractivity (Wildman–Crippen MR) is 53.0 cm³/mol. The van der Waals surface area contributed by atoms with E-state index in [4.69, 9.17) is 10.9 Å². The van der Waals surface area contributed by atoms with Crippen LogP contribution in [0.5, 0.6) is 0 Å². The number of ether oxygens (including phenoxy) is 1. The van der Waals surface area contributed by atoms with Gasteiger partial charge in [-0.1, -0.05) is 11.2 Å². The number of hydrogen-bond donors (Lipinski definition) is 2. The number of carbonyl (C=O) groups is 1.